The van der Waals surface area contributed by atoms with Gasteiger partial charge in [-0.1, -0.05) is 26.0 Å². The number of nitrogens with zero attached hydrogens (tertiary/aromatic N) is 1. The molecule has 3 N–H and O–H groups in total. The maximum absolute atomic E-state index is 12.0. The van der Waals surface area contributed by atoms with Gasteiger partial charge in [0.15, 0.2) is 0 Å². The molecule has 0 atom stereocenters. The van der Waals surface area contributed by atoms with Gasteiger partial charge in [0.25, 0.3) is 0 Å². The number of anilines is 1. The first-order valence-electron chi connectivity index (χ1n) is 6.41. The Balaban J connectivity index is 2.61. The van der Waals surface area contributed by atoms with E-state index >= 15 is 0 Å². The van der Waals surface area contributed by atoms with Gasteiger partial charge in [-0.05, 0) is 30.5 Å². The molecule has 4 heteroatoms. The molecule has 0 bridgehead atoms. The fraction of sp³-hybridized carbons (Fsp3) is 0.500. The van der Waals surface area contributed by atoms with Gasteiger partial charge in [-0.15, -0.1) is 0 Å². The lowest BCUT2D eigenvalue weighted by Gasteiger charge is -2.23. The zero-order chi connectivity index (χ0) is 13.5. The monoisotopic (exact) mass is 249 g/mol. The maximum atomic E-state index is 12.0. The second kappa shape index (κ2) is 7.01. The Hall–Kier alpha value is -1.55. The standard InChI is InChI=1S/C14H23N3O/c1-4-17(10-11(2)3)14(18)16-13-7-5-12(9-15)6-8-13/h5-8,11H,4,9-10,15H2,1-3H3,(H,16,18). The Morgan fingerprint density at radius 1 is 1.33 bits per heavy atom. The first-order chi connectivity index (χ1) is 8.56. The molecule has 18 heavy (non-hydrogen) atoms. The summed E-state index contributed by atoms with van der Waals surface area (Å²) in [5, 5.41) is 2.90. The van der Waals surface area contributed by atoms with Crippen molar-refractivity contribution in [1.29, 1.82) is 0 Å². The number of urea groups is 1. The minimum absolute atomic E-state index is 0.0494. The molecule has 0 radical (unpaired) electrons. The minimum Gasteiger partial charge on any atom is -0.326 e. The Morgan fingerprint density at radius 3 is 2.39 bits per heavy atom. The maximum Gasteiger partial charge on any atom is 0.321 e. The first-order valence-corrected chi connectivity index (χ1v) is 6.41. The highest BCUT2D eigenvalue weighted by Crippen LogP contribution is 2.10. The van der Waals surface area contributed by atoms with E-state index in [1.165, 1.54) is 0 Å². The fourth-order valence-corrected chi connectivity index (χ4v) is 1.72. The molecule has 0 aliphatic heterocycles. The molecular formula is C14H23N3O. The van der Waals surface area contributed by atoms with Crippen molar-refractivity contribution in [3.05, 3.63) is 29.8 Å². The van der Waals surface area contributed by atoms with Gasteiger partial charge < -0.3 is 16.0 Å². The van der Waals surface area contributed by atoms with Crippen molar-refractivity contribution >= 4 is 11.7 Å². The van der Waals surface area contributed by atoms with Crippen LogP contribution in [0.5, 0.6) is 0 Å². The predicted molar refractivity (Wildman–Crippen MR) is 75.4 cm³/mol. The van der Waals surface area contributed by atoms with E-state index in [0.717, 1.165) is 17.8 Å². The topological polar surface area (TPSA) is 58.4 Å². The summed E-state index contributed by atoms with van der Waals surface area (Å²) in [6, 6.07) is 7.56. The molecule has 1 aromatic rings. The molecule has 100 valence electrons. The van der Waals surface area contributed by atoms with Gasteiger partial charge in [0, 0.05) is 25.3 Å². The Morgan fingerprint density at radius 2 is 1.94 bits per heavy atom. The molecule has 0 saturated carbocycles. The van der Waals surface area contributed by atoms with Gasteiger partial charge >= 0.3 is 6.03 Å². The third kappa shape index (κ3) is 4.37. The highest BCUT2D eigenvalue weighted by Gasteiger charge is 2.12. The van der Waals surface area contributed by atoms with E-state index in [2.05, 4.69) is 19.2 Å². The smallest absolute Gasteiger partial charge is 0.321 e. The molecule has 2 amide bonds. The number of hydrogen-bond acceptors (Lipinski definition) is 2. The van der Waals surface area contributed by atoms with Crippen LogP contribution in [0.2, 0.25) is 0 Å². The van der Waals surface area contributed by atoms with Crippen LogP contribution in [0.1, 0.15) is 26.3 Å². The molecule has 0 heterocycles. The average Bonchev–Trinajstić information content (AvgIpc) is 2.36. The largest absolute Gasteiger partial charge is 0.326 e. The Labute approximate surface area is 109 Å². The summed E-state index contributed by atoms with van der Waals surface area (Å²) in [6.45, 7) is 8.19. The lowest BCUT2D eigenvalue weighted by molar-refractivity contribution is 0.208. The molecule has 1 rings (SSSR count). The van der Waals surface area contributed by atoms with E-state index < -0.39 is 0 Å². The molecular weight excluding hydrogens is 226 g/mol. The van der Waals surface area contributed by atoms with E-state index in [1.807, 2.05) is 36.1 Å². The Bertz CT molecular complexity index is 373. The van der Waals surface area contributed by atoms with E-state index in [-0.39, 0.29) is 6.03 Å². The summed E-state index contributed by atoms with van der Waals surface area (Å²) in [4.78, 5) is 13.8. The van der Waals surface area contributed by atoms with E-state index in [9.17, 15) is 4.79 Å². The summed E-state index contributed by atoms with van der Waals surface area (Å²) in [5.41, 5.74) is 7.39. The van der Waals surface area contributed by atoms with Crippen molar-refractivity contribution in [3.8, 4) is 0 Å². The van der Waals surface area contributed by atoms with Crippen LogP contribution in [0.25, 0.3) is 0 Å². The van der Waals surface area contributed by atoms with Crippen LogP contribution >= 0.6 is 0 Å². The van der Waals surface area contributed by atoms with E-state index in [4.69, 9.17) is 5.73 Å². The zero-order valence-electron chi connectivity index (χ0n) is 11.4. The van der Waals surface area contributed by atoms with Gasteiger partial charge in [-0.3, -0.25) is 0 Å². The number of rotatable bonds is 5. The quantitative estimate of drug-likeness (QED) is 0.843. The summed E-state index contributed by atoms with van der Waals surface area (Å²) in [5.74, 6) is 0.468. The van der Waals surface area contributed by atoms with Gasteiger partial charge in [0.05, 0.1) is 0 Å². The minimum atomic E-state index is -0.0494. The van der Waals surface area contributed by atoms with Gasteiger partial charge in [-0.2, -0.15) is 0 Å². The molecule has 0 spiro atoms. The third-order valence-corrected chi connectivity index (χ3v) is 2.70. The second-order valence-electron chi connectivity index (χ2n) is 4.76. The zero-order valence-corrected chi connectivity index (χ0v) is 11.4. The third-order valence-electron chi connectivity index (χ3n) is 2.70. The number of carbonyl (C=O) groups is 1. The highest BCUT2D eigenvalue weighted by atomic mass is 16.2. The van der Waals surface area contributed by atoms with Gasteiger partial charge in [0.1, 0.15) is 0 Å². The molecule has 4 nitrogen and oxygen atoms in total. The summed E-state index contributed by atoms with van der Waals surface area (Å²) >= 11 is 0. The first kappa shape index (κ1) is 14.5. The van der Waals surface area contributed by atoms with Crippen LogP contribution in [-0.2, 0) is 6.54 Å². The number of nitrogens with two attached hydrogens (primary N) is 1. The molecule has 0 unspecified atom stereocenters. The number of hydrogen-bond donors (Lipinski definition) is 2. The summed E-state index contributed by atoms with van der Waals surface area (Å²) in [6.07, 6.45) is 0. The van der Waals surface area contributed by atoms with Crippen molar-refractivity contribution < 1.29 is 4.79 Å². The molecule has 0 fully saturated rings. The molecule has 0 aliphatic carbocycles. The SMILES string of the molecule is CCN(CC(C)C)C(=O)Nc1ccc(CN)cc1. The lowest BCUT2D eigenvalue weighted by atomic mass is 10.2. The van der Waals surface area contributed by atoms with E-state index in [0.29, 0.717) is 19.0 Å². The van der Waals surface area contributed by atoms with Gasteiger partial charge in [-0.25, -0.2) is 4.79 Å². The number of amides is 2. The van der Waals surface area contributed by atoms with Crippen molar-refractivity contribution in [2.75, 3.05) is 18.4 Å². The number of nitrogens with one attached hydrogen (secondary N) is 1. The van der Waals surface area contributed by atoms with Crippen molar-refractivity contribution in [2.24, 2.45) is 11.7 Å². The average molecular weight is 249 g/mol. The molecule has 1 aromatic carbocycles. The van der Waals surface area contributed by atoms with Gasteiger partial charge in [0.2, 0.25) is 0 Å². The van der Waals surface area contributed by atoms with E-state index in [1.54, 1.807) is 0 Å². The summed E-state index contributed by atoms with van der Waals surface area (Å²) in [7, 11) is 0. The van der Waals surface area contributed by atoms with Crippen molar-refractivity contribution in [1.82, 2.24) is 4.90 Å². The van der Waals surface area contributed by atoms with Crippen LogP contribution in [0, 0.1) is 5.92 Å². The normalized spacial score (nSPS) is 10.5. The van der Waals surface area contributed by atoms with Crippen LogP contribution < -0.4 is 11.1 Å². The highest BCUT2D eigenvalue weighted by molar-refractivity contribution is 5.89. The van der Waals surface area contributed by atoms with Crippen molar-refractivity contribution in [3.63, 3.8) is 0 Å². The second-order valence-corrected chi connectivity index (χ2v) is 4.76. The predicted octanol–water partition coefficient (Wildman–Crippen LogP) is 2.66. The lowest BCUT2D eigenvalue weighted by Crippen LogP contribution is -2.37. The number of carbonyl (C=O) groups excluding carboxylic acids is 1. The van der Waals surface area contributed by atoms with Crippen LogP contribution in [0.15, 0.2) is 24.3 Å². The molecule has 0 aliphatic rings. The van der Waals surface area contributed by atoms with Crippen LogP contribution in [0.3, 0.4) is 0 Å². The van der Waals surface area contributed by atoms with Crippen LogP contribution in [0.4, 0.5) is 10.5 Å². The van der Waals surface area contributed by atoms with Crippen LogP contribution in [-0.4, -0.2) is 24.0 Å². The van der Waals surface area contributed by atoms with Crippen molar-refractivity contribution in [2.45, 2.75) is 27.3 Å². The Kier molecular flexibility index (Phi) is 5.65. The summed E-state index contributed by atoms with van der Waals surface area (Å²) < 4.78 is 0. The molecule has 0 aromatic heterocycles. The number of benzene rings is 1. The molecule has 0 saturated heterocycles. The fourth-order valence-electron chi connectivity index (χ4n) is 1.72.